The number of amides is 2. The number of ether oxygens (including phenoxy) is 1. The normalized spacial score (nSPS) is 17.6. The molecule has 29 heavy (non-hydrogen) atoms. The molecular formula is C17H22N4O7S. The first-order valence-corrected chi connectivity index (χ1v) is 11.1. The van der Waals surface area contributed by atoms with Crippen molar-refractivity contribution in [2.75, 3.05) is 62.8 Å². The van der Waals surface area contributed by atoms with Crippen molar-refractivity contribution >= 4 is 33.0 Å². The summed E-state index contributed by atoms with van der Waals surface area (Å²) in [6.07, 6.45) is 1.19. The van der Waals surface area contributed by atoms with Crippen molar-refractivity contribution in [1.82, 2.24) is 9.80 Å². The van der Waals surface area contributed by atoms with Crippen LogP contribution < -0.4 is 9.64 Å². The van der Waals surface area contributed by atoms with Gasteiger partial charge in [-0.3, -0.25) is 29.5 Å². The predicted molar refractivity (Wildman–Crippen MR) is 104 cm³/mol. The molecule has 2 aliphatic heterocycles. The van der Waals surface area contributed by atoms with Crippen LogP contribution in [-0.2, 0) is 19.4 Å². The Kier molecular flexibility index (Phi) is 6.03. The zero-order chi connectivity index (χ0) is 21.2. The number of non-ortho nitro benzene ring substituents is 1. The van der Waals surface area contributed by atoms with E-state index in [1.165, 1.54) is 29.4 Å². The molecule has 2 amide bonds. The Morgan fingerprint density at radius 3 is 2.55 bits per heavy atom. The van der Waals surface area contributed by atoms with E-state index in [-0.39, 0.29) is 36.2 Å². The molecule has 0 radical (unpaired) electrons. The van der Waals surface area contributed by atoms with Gasteiger partial charge in [-0.05, 0) is 6.07 Å². The van der Waals surface area contributed by atoms with Gasteiger partial charge in [-0.2, -0.15) is 0 Å². The molecule has 0 unspecified atom stereocenters. The summed E-state index contributed by atoms with van der Waals surface area (Å²) in [6, 6.07) is 3.92. The van der Waals surface area contributed by atoms with Gasteiger partial charge < -0.3 is 9.64 Å². The molecule has 0 atom stereocenters. The van der Waals surface area contributed by atoms with Crippen molar-refractivity contribution in [3.8, 4) is 5.75 Å². The van der Waals surface area contributed by atoms with Crippen LogP contribution >= 0.6 is 0 Å². The molecule has 0 aliphatic carbocycles. The molecule has 2 heterocycles. The number of anilines is 1. The maximum Gasteiger partial charge on any atom is 0.271 e. The Morgan fingerprint density at radius 2 is 1.93 bits per heavy atom. The minimum Gasteiger partial charge on any atom is -0.482 e. The van der Waals surface area contributed by atoms with Crippen LogP contribution in [0.5, 0.6) is 5.75 Å². The van der Waals surface area contributed by atoms with Crippen molar-refractivity contribution in [2.45, 2.75) is 0 Å². The number of hydrogen-bond acceptors (Lipinski definition) is 8. The van der Waals surface area contributed by atoms with Gasteiger partial charge in [0.05, 0.1) is 16.4 Å². The van der Waals surface area contributed by atoms with Gasteiger partial charge in [0.25, 0.3) is 11.6 Å². The van der Waals surface area contributed by atoms with Crippen LogP contribution in [-0.4, -0.2) is 92.8 Å². The summed E-state index contributed by atoms with van der Waals surface area (Å²) in [6.45, 7) is 1.86. The molecule has 1 aromatic carbocycles. The van der Waals surface area contributed by atoms with Crippen LogP contribution in [0.2, 0.25) is 0 Å². The van der Waals surface area contributed by atoms with Crippen molar-refractivity contribution in [2.24, 2.45) is 0 Å². The lowest BCUT2D eigenvalue weighted by Gasteiger charge is -2.36. The summed E-state index contributed by atoms with van der Waals surface area (Å²) in [5.41, 5.74) is 0.00887. The Balaban J connectivity index is 1.63. The highest BCUT2D eigenvalue weighted by atomic mass is 32.2. The third kappa shape index (κ3) is 5.21. The number of nitro groups is 1. The molecule has 2 aliphatic rings. The molecular weight excluding hydrogens is 404 g/mol. The Hall–Kier alpha value is -2.73. The monoisotopic (exact) mass is 426 g/mol. The van der Waals surface area contributed by atoms with Gasteiger partial charge in [-0.15, -0.1) is 0 Å². The van der Waals surface area contributed by atoms with Crippen molar-refractivity contribution < 1.29 is 27.7 Å². The molecule has 0 N–H and O–H groups in total. The number of rotatable bonds is 6. The molecule has 0 spiro atoms. The summed E-state index contributed by atoms with van der Waals surface area (Å²) in [5.74, 6) is -0.342. The molecule has 1 fully saturated rings. The van der Waals surface area contributed by atoms with Gasteiger partial charge in [0, 0.05) is 51.1 Å². The third-order valence-corrected chi connectivity index (χ3v) is 5.82. The summed E-state index contributed by atoms with van der Waals surface area (Å²) in [4.78, 5) is 40.2. The first-order chi connectivity index (χ1) is 13.6. The second kappa shape index (κ2) is 8.33. The summed E-state index contributed by atoms with van der Waals surface area (Å²) in [7, 11) is -3.04. The largest absolute Gasteiger partial charge is 0.482 e. The van der Waals surface area contributed by atoms with E-state index < -0.39 is 20.7 Å². The zero-order valence-electron chi connectivity index (χ0n) is 15.9. The SMILES string of the molecule is CS(=O)(=O)CCN1CCN(C(=O)CN2C(=O)COc3ccc([N+](=O)[O-])cc32)CC1. The maximum atomic E-state index is 12.7. The van der Waals surface area contributed by atoms with E-state index in [1.807, 2.05) is 4.90 Å². The lowest BCUT2D eigenvalue weighted by molar-refractivity contribution is -0.384. The minimum atomic E-state index is -3.04. The first kappa shape index (κ1) is 21.0. The summed E-state index contributed by atoms with van der Waals surface area (Å²) < 4.78 is 27.9. The Labute approximate surface area is 167 Å². The van der Waals surface area contributed by atoms with Gasteiger partial charge in [0.15, 0.2) is 6.61 Å². The topological polar surface area (TPSA) is 130 Å². The van der Waals surface area contributed by atoms with Crippen LogP contribution in [0.4, 0.5) is 11.4 Å². The fourth-order valence-electron chi connectivity index (χ4n) is 3.23. The molecule has 11 nitrogen and oxygen atoms in total. The summed E-state index contributed by atoms with van der Waals surface area (Å²) >= 11 is 0. The molecule has 1 saturated heterocycles. The van der Waals surface area contributed by atoms with E-state index in [1.54, 1.807) is 4.90 Å². The molecule has 12 heteroatoms. The van der Waals surface area contributed by atoms with Crippen LogP contribution in [0.3, 0.4) is 0 Å². The number of carbonyl (C=O) groups is 2. The Bertz CT molecular complexity index is 926. The quantitative estimate of drug-likeness (QED) is 0.440. The smallest absolute Gasteiger partial charge is 0.271 e. The summed E-state index contributed by atoms with van der Waals surface area (Å²) in [5, 5.41) is 11.0. The van der Waals surface area contributed by atoms with Crippen molar-refractivity contribution in [3.05, 3.63) is 28.3 Å². The van der Waals surface area contributed by atoms with E-state index >= 15 is 0 Å². The highest BCUT2D eigenvalue weighted by Crippen LogP contribution is 2.35. The van der Waals surface area contributed by atoms with E-state index in [4.69, 9.17) is 4.74 Å². The number of benzene rings is 1. The molecule has 0 aromatic heterocycles. The molecule has 3 rings (SSSR count). The fraction of sp³-hybridized carbons (Fsp3) is 0.529. The molecule has 0 bridgehead atoms. The van der Waals surface area contributed by atoms with Crippen molar-refractivity contribution in [3.63, 3.8) is 0 Å². The average Bonchev–Trinajstić information content (AvgIpc) is 2.68. The standard InChI is InChI=1S/C17H22N4O7S/c1-29(26,27)9-8-18-4-6-19(7-5-18)16(22)11-20-14-10-13(21(24)25)2-3-15(14)28-12-17(20)23/h2-3,10H,4-9,11-12H2,1H3. The van der Waals surface area contributed by atoms with Crippen LogP contribution in [0, 0.1) is 10.1 Å². The number of nitro benzene ring substituents is 1. The average molecular weight is 426 g/mol. The number of nitrogens with zero attached hydrogens (tertiary/aromatic N) is 4. The van der Waals surface area contributed by atoms with Gasteiger partial charge in [0.1, 0.15) is 22.1 Å². The third-order valence-electron chi connectivity index (χ3n) is 4.89. The van der Waals surface area contributed by atoms with Gasteiger partial charge in [-0.25, -0.2) is 8.42 Å². The lowest BCUT2D eigenvalue weighted by Crippen LogP contribution is -2.53. The predicted octanol–water partition coefficient (Wildman–Crippen LogP) is -0.491. The lowest BCUT2D eigenvalue weighted by atomic mass is 10.2. The second-order valence-corrected chi connectivity index (χ2v) is 9.29. The second-order valence-electron chi connectivity index (χ2n) is 7.03. The number of hydrogen-bond donors (Lipinski definition) is 0. The number of sulfone groups is 1. The molecule has 158 valence electrons. The molecule has 0 saturated carbocycles. The van der Waals surface area contributed by atoms with E-state index in [0.717, 1.165) is 0 Å². The maximum absolute atomic E-state index is 12.7. The highest BCUT2D eigenvalue weighted by molar-refractivity contribution is 7.90. The minimum absolute atomic E-state index is 0.0682. The van der Waals surface area contributed by atoms with E-state index in [0.29, 0.717) is 38.5 Å². The number of carbonyl (C=O) groups excluding carboxylic acids is 2. The Morgan fingerprint density at radius 1 is 1.24 bits per heavy atom. The van der Waals surface area contributed by atoms with E-state index in [2.05, 4.69) is 0 Å². The molecule has 1 aromatic rings. The number of piperazine rings is 1. The fourth-order valence-corrected chi connectivity index (χ4v) is 3.82. The number of fused-ring (bicyclic) bond motifs is 1. The van der Waals surface area contributed by atoms with E-state index in [9.17, 15) is 28.1 Å². The van der Waals surface area contributed by atoms with Crippen LogP contribution in [0.1, 0.15) is 0 Å². The van der Waals surface area contributed by atoms with Crippen molar-refractivity contribution in [1.29, 1.82) is 0 Å². The van der Waals surface area contributed by atoms with Gasteiger partial charge in [0.2, 0.25) is 5.91 Å². The van der Waals surface area contributed by atoms with Crippen LogP contribution in [0.25, 0.3) is 0 Å². The highest BCUT2D eigenvalue weighted by Gasteiger charge is 2.31. The first-order valence-electron chi connectivity index (χ1n) is 9.03. The van der Waals surface area contributed by atoms with Gasteiger partial charge >= 0.3 is 0 Å². The zero-order valence-corrected chi connectivity index (χ0v) is 16.8. The van der Waals surface area contributed by atoms with Crippen LogP contribution in [0.15, 0.2) is 18.2 Å². The van der Waals surface area contributed by atoms with Gasteiger partial charge in [-0.1, -0.05) is 0 Å².